The van der Waals surface area contributed by atoms with E-state index in [9.17, 15) is 4.39 Å². The maximum Gasteiger partial charge on any atom is 0.148 e. The summed E-state index contributed by atoms with van der Waals surface area (Å²) in [5.74, 6) is 0.109. The quantitative estimate of drug-likeness (QED) is 0.776. The molecule has 0 saturated heterocycles. The molecule has 0 saturated carbocycles. The van der Waals surface area contributed by atoms with Crippen molar-refractivity contribution in [2.45, 2.75) is 0 Å². The standard InChI is InChI=1S/C11H17FN2O2/c1-14(4-5-15-2)10-7-11(16-3)9(13)6-8(10)12/h6-7H,4-5,13H2,1-3H3. The molecule has 0 aliphatic heterocycles. The van der Waals surface area contributed by atoms with Crippen LogP contribution >= 0.6 is 0 Å². The first kappa shape index (κ1) is 12.6. The Labute approximate surface area is 94.7 Å². The lowest BCUT2D eigenvalue weighted by molar-refractivity contribution is 0.206. The van der Waals surface area contributed by atoms with Crippen LogP contribution in [-0.2, 0) is 4.74 Å². The SMILES string of the molecule is COCCN(C)c1cc(OC)c(N)cc1F. The van der Waals surface area contributed by atoms with E-state index in [0.29, 0.717) is 30.3 Å². The molecule has 0 unspecified atom stereocenters. The third kappa shape index (κ3) is 2.76. The van der Waals surface area contributed by atoms with Crippen molar-refractivity contribution in [3.8, 4) is 5.75 Å². The Balaban J connectivity index is 2.94. The van der Waals surface area contributed by atoms with E-state index in [-0.39, 0.29) is 5.82 Å². The van der Waals surface area contributed by atoms with Crippen molar-refractivity contribution in [2.75, 3.05) is 45.1 Å². The molecule has 2 N–H and O–H groups in total. The molecule has 5 heteroatoms. The zero-order valence-electron chi connectivity index (χ0n) is 9.79. The largest absolute Gasteiger partial charge is 0.495 e. The number of rotatable bonds is 5. The molecule has 0 amide bonds. The molecule has 90 valence electrons. The topological polar surface area (TPSA) is 47.7 Å². The van der Waals surface area contributed by atoms with Crippen LogP contribution in [0, 0.1) is 5.82 Å². The Morgan fingerprint density at radius 1 is 1.38 bits per heavy atom. The second-order valence-corrected chi connectivity index (χ2v) is 3.46. The summed E-state index contributed by atoms with van der Waals surface area (Å²) in [5, 5.41) is 0. The number of hydrogen-bond acceptors (Lipinski definition) is 4. The number of methoxy groups -OCH3 is 2. The van der Waals surface area contributed by atoms with Gasteiger partial charge in [-0.2, -0.15) is 0 Å². The highest BCUT2D eigenvalue weighted by atomic mass is 19.1. The lowest BCUT2D eigenvalue weighted by Crippen LogP contribution is -2.23. The highest BCUT2D eigenvalue weighted by Gasteiger charge is 2.11. The molecule has 0 radical (unpaired) electrons. The van der Waals surface area contributed by atoms with Crippen molar-refractivity contribution in [1.29, 1.82) is 0 Å². The monoisotopic (exact) mass is 228 g/mol. The van der Waals surface area contributed by atoms with Gasteiger partial charge in [0.05, 0.1) is 25.1 Å². The molecule has 0 spiro atoms. The second kappa shape index (κ2) is 5.55. The Bertz CT molecular complexity index is 358. The first-order chi connectivity index (χ1) is 7.60. The van der Waals surface area contributed by atoms with E-state index in [1.807, 2.05) is 0 Å². The molecular formula is C11H17FN2O2. The number of nitrogen functional groups attached to an aromatic ring is 1. The average molecular weight is 228 g/mol. The van der Waals surface area contributed by atoms with Crippen molar-refractivity contribution >= 4 is 11.4 Å². The number of likely N-dealkylation sites (N-methyl/N-ethyl adjacent to an activating group) is 1. The van der Waals surface area contributed by atoms with Crippen LogP contribution in [-0.4, -0.2) is 34.4 Å². The zero-order valence-corrected chi connectivity index (χ0v) is 9.79. The van der Waals surface area contributed by atoms with Crippen LogP contribution in [0.15, 0.2) is 12.1 Å². The number of ether oxygens (including phenoxy) is 2. The Hall–Kier alpha value is -1.49. The highest BCUT2D eigenvalue weighted by Crippen LogP contribution is 2.29. The number of anilines is 2. The van der Waals surface area contributed by atoms with Gasteiger partial charge in [0.25, 0.3) is 0 Å². The third-order valence-corrected chi connectivity index (χ3v) is 2.34. The number of halogens is 1. The summed E-state index contributed by atoms with van der Waals surface area (Å²) in [6.45, 7) is 1.13. The average Bonchev–Trinajstić information content (AvgIpc) is 2.26. The van der Waals surface area contributed by atoms with Crippen molar-refractivity contribution in [1.82, 2.24) is 0 Å². The second-order valence-electron chi connectivity index (χ2n) is 3.46. The minimum Gasteiger partial charge on any atom is -0.495 e. The van der Waals surface area contributed by atoms with Crippen molar-refractivity contribution in [2.24, 2.45) is 0 Å². The van der Waals surface area contributed by atoms with Crippen LogP contribution in [0.3, 0.4) is 0 Å². The predicted molar refractivity (Wildman–Crippen MR) is 62.5 cm³/mol. The normalized spacial score (nSPS) is 10.2. The summed E-state index contributed by atoms with van der Waals surface area (Å²) in [7, 11) is 4.89. The van der Waals surface area contributed by atoms with Crippen LogP contribution in [0.25, 0.3) is 0 Å². The van der Waals surface area contributed by atoms with Crippen LogP contribution in [0.2, 0.25) is 0 Å². The number of nitrogens with zero attached hydrogens (tertiary/aromatic N) is 1. The first-order valence-electron chi connectivity index (χ1n) is 4.93. The number of nitrogens with two attached hydrogens (primary N) is 1. The molecule has 16 heavy (non-hydrogen) atoms. The van der Waals surface area contributed by atoms with Gasteiger partial charge in [0.1, 0.15) is 11.6 Å². The third-order valence-electron chi connectivity index (χ3n) is 2.34. The van der Waals surface area contributed by atoms with Crippen LogP contribution in [0.4, 0.5) is 15.8 Å². The van der Waals surface area contributed by atoms with Gasteiger partial charge in [0, 0.05) is 32.8 Å². The van der Waals surface area contributed by atoms with Gasteiger partial charge in [-0.05, 0) is 0 Å². The summed E-state index contributed by atoms with van der Waals surface area (Å²) in [5.41, 5.74) is 6.34. The molecule has 0 fully saturated rings. The Morgan fingerprint density at radius 3 is 2.62 bits per heavy atom. The van der Waals surface area contributed by atoms with Crippen molar-refractivity contribution in [3.63, 3.8) is 0 Å². The van der Waals surface area contributed by atoms with E-state index in [0.717, 1.165) is 0 Å². The summed E-state index contributed by atoms with van der Waals surface area (Å²) in [4.78, 5) is 1.75. The molecule has 0 heterocycles. The van der Waals surface area contributed by atoms with Gasteiger partial charge < -0.3 is 20.1 Å². The summed E-state index contributed by atoms with van der Waals surface area (Å²) in [6, 6.07) is 2.85. The summed E-state index contributed by atoms with van der Waals surface area (Å²) in [6.07, 6.45) is 0. The van der Waals surface area contributed by atoms with E-state index in [1.165, 1.54) is 13.2 Å². The minimum absolute atomic E-state index is 0.295. The molecule has 4 nitrogen and oxygen atoms in total. The lowest BCUT2D eigenvalue weighted by atomic mass is 10.2. The summed E-state index contributed by atoms with van der Waals surface area (Å²) >= 11 is 0. The molecule has 0 aliphatic carbocycles. The minimum atomic E-state index is -0.364. The fourth-order valence-electron chi connectivity index (χ4n) is 1.38. The molecule has 1 rings (SSSR count). The van der Waals surface area contributed by atoms with Gasteiger partial charge in [0.2, 0.25) is 0 Å². The van der Waals surface area contributed by atoms with Gasteiger partial charge in [-0.15, -0.1) is 0 Å². The molecule has 1 aromatic carbocycles. The van der Waals surface area contributed by atoms with E-state index in [2.05, 4.69) is 0 Å². The van der Waals surface area contributed by atoms with Crippen LogP contribution < -0.4 is 15.4 Å². The van der Waals surface area contributed by atoms with Crippen LogP contribution in [0.5, 0.6) is 5.75 Å². The fraction of sp³-hybridized carbons (Fsp3) is 0.455. The fourth-order valence-corrected chi connectivity index (χ4v) is 1.38. The first-order valence-corrected chi connectivity index (χ1v) is 4.93. The molecule has 0 aromatic heterocycles. The van der Waals surface area contributed by atoms with Gasteiger partial charge >= 0.3 is 0 Å². The lowest BCUT2D eigenvalue weighted by Gasteiger charge is -2.20. The maximum absolute atomic E-state index is 13.6. The Morgan fingerprint density at radius 2 is 2.06 bits per heavy atom. The van der Waals surface area contributed by atoms with Gasteiger partial charge in [0.15, 0.2) is 0 Å². The van der Waals surface area contributed by atoms with Gasteiger partial charge in [-0.3, -0.25) is 0 Å². The zero-order chi connectivity index (χ0) is 12.1. The molecule has 1 aromatic rings. The highest BCUT2D eigenvalue weighted by molar-refractivity contribution is 5.63. The van der Waals surface area contributed by atoms with Gasteiger partial charge in [-0.1, -0.05) is 0 Å². The van der Waals surface area contributed by atoms with E-state index < -0.39 is 0 Å². The smallest absolute Gasteiger partial charge is 0.148 e. The molecular weight excluding hydrogens is 211 g/mol. The van der Waals surface area contributed by atoms with E-state index in [1.54, 1.807) is 25.1 Å². The number of hydrogen-bond donors (Lipinski definition) is 1. The maximum atomic E-state index is 13.6. The molecule has 0 aliphatic rings. The molecule has 0 atom stereocenters. The number of benzene rings is 1. The Kier molecular flexibility index (Phi) is 4.37. The van der Waals surface area contributed by atoms with Crippen molar-refractivity contribution in [3.05, 3.63) is 17.9 Å². The van der Waals surface area contributed by atoms with Crippen molar-refractivity contribution < 1.29 is 13.9 Å². The summed E-state index contributed by atoms with van der Waals surface area (Å²) < 4.78 is 23.6. The predicted octanol–water partition coefficient (Wildman–Crippen LogP) is 1.50. The molecule has 0 bridgehead atoms. The van der Waals surface area contributed by atoms with Crippen LogP contribution in [0.1, 0.15) is 0 Å². The van der Waals surface area contributed by atoms with Gasteiger partial charge in [-0.25, -0.2) is 4.39 Å². The van der Waals surface area contributed by atoms with E-state index in [4.69, 9.17) is 15.2 Å². The van der Waals surface area contributed by atoms with E-state index >= 15 is 0 Å².